The number of ether oxygens (including phenoxy) is 1. The molecule has 5 nitrogen and oxygen atoms in total. The highest BCUT2D eigenvalue weighted by Gasteiger charge is 2.08. The first-order chi connectivity index (χ1) is 14.7. The predicted octanol–water partition coefficient (Wildman–Crippen LogP) is 4.50. The van der Waals surface area contributed by atoms with Crippen LogP contribution in [0.4, 0.5) is 5.69 Å². The van der Waals surface area contributed by atoms with Crippen molar-refractivity contribution in [2.24, 2.45) is 0 Å². The van der Waals surface area contributed by atoms with Gasteiger partial charge in [0, 0.05) is 29.1 Å². The summed E-state index contributed by atoms with van der Waals surface area (Å²) >= 11 is 1.53. The molecule has 0 atom stereocenters. The molecule has 0 aliphatic heterocycles. The molecule has 0 radical (unpaired) electrons. The fourth-order valence-corrected chi connectivity index (χ4v) is 3.65. The SMILES string of the molecule is COc1ccccc1CNC(=O)CSCc1ccc(C(=O)Nc2ccccc2)cc1. The van der Waals surface area contributed by atoms with Crippen molar-refractivity contribution in [2.45, 2.75) is 12.3 Å². The maximum Gasteiger partial charge on any atom is 0.255 e. The third kappa shape index (κ3) is 6.39. The molecule has 0 fully saturated rings. The van der Waals surface area contributed by atoms with E-state index in [9.17, 15) is 9.59 Å². The number of amides is 2. The molecule has 2 amide bonds. The Morgan fingerprint density at radius 3 is 2.33 bits per heavy atom. The molecule has 3 aromatic carbocycles. The minimum absolute atomic E-state index is 0.0234. The van der Waals surface area contributed by atoms with Gasteiger partial charge in [-0.3, -0.25) is 9.59 Å². The number of rotatable bonds is 9. The molecule has 0 saturated heterocycles. The molecule has 0 heterocycles. The molecule has 0 aliphatic carbocycles. The maximum atomic E-state index is 12.3. The topological polar surface area (TPSA) is 67.4 Å². The lowest BCUT2D eigenvalue weighted by Crippen LogP contribution is -2.24. The quantitative estimate of drug-likeness (QED) is 0.535. The summed E-state index contributed by atoms with van der Waals surface area (Å²) < 4.78 is 5.29. The molecule has 3 rings (SSSR count). The number of thioether (sulfide) groups is 1. The summed E-state index contributed by atoms with van der Waals surface area (Å²) in [6.45, 7) is 0.439. The first kappa shape index (κ1) is 21.5. The monoisotopic (exact) mass is 420 g/mol. The van der Waals surface area contributed by atoms with Crippen molar-refractivity contribution in [3.63, 3.8) is 0 Å². The van der Waals surface area contributed by atoms with E-state index < -0.39 is 0 Å². The van der Waals surface area contributed by atoms with Crippen molar-refractivity contribution in [3.05, 3.63) is 95.6 Å². The number of carbonyl (C=O) groups excluding carboxylic acids is 2. The summed E-state index contributed by atoms with van der Waals surface area (Å²) in [5.74, 6) is 1.66. The van der Waals surface area contributed by atoms with Crippen LogP contribution < -0.4 is 15.4 Å². The van der Waals surface area contributed by atoms with Crippen molar-refractivity contribution in [1.29, 1.82) is 0 Å². The van der Waals surface area contributed by atoms with E-state index in [1.165, 1.54) is 11.8 Å². The van der Waals surface area contributed by atoms with Gasteiger partial charge in [0.15, 0.2) is 0 Å². The fraction of sp³-hybridized carbons (Fsp3) is 0.167. The predicted molar refractivity (Wildman–Crippen MR) is 122 cm³/mol. The first-order valence-electron chi connectivity index (χ1n) is 9.57. The first-order valence-corrected chi connectivity index (χ1v) is 10.7. The number of carbonyl (C=O) groups is 2. The number of nitrogens with one attached hydrogen (secondary N) is 2. The third-order valence-electron chi connectivity index (χ3n) is 4.42. The van der Waals surface area contributed by atoms with Gasteiger partial charge in [-0.25, -0.2) is 0 Å². The summed E-state index contributed by atoms with van der Waals surface area (Å²) in [4.78, 5) is 24.4. The zero-order valence-corrected chi connectivity index (χ0v) is 17.6. The van der Waals surface area contributed by atoms with Gasteiger partial charge in [0.1, 0.15) is 5.75 Å². The molecule has 2 N–H and O–H groups in total. The fourth-order valence-electron chi connectivity index (χ4n) is 2.83. The molecule has 3 aromatic rings. The number of hydrogen-bond acceptors (Lipinski definition) is 4. The number of benzene rings is 3. The van der Waals surface area contributed by atoms with Crippen molar-refractivity contribution in [3.8, 4) is 5.75 Å². The lowest BCUT2D eigenvalue weighted by atomic mass is 10.1. The number of hydrogen-bond donors (Lipinski definition) is 2. The Morgan fingerprint density at radius 1 is 0.900 bits per heavy atom. The second kappa shape index (κ2) is 11.1. The van der Waals surface area contributed by atoms with Gasteiger partial charge in [-0.05, 0) is 35.9 Å². The summed E-state index contributed by atoms with van der Waals surface area (Å²) in [5, 5.41) is 5.78. The molecule has 0 saturated carbocycles. The standard InChI is InChI=1S/C24H24N2O3S/c1-29-22-10-6-5-7-20(22)15-25-23(27)17-30-16-18-11-13-19(14-12-18)24(28)26-21-8-3-2-4-9-21/h2-14H,15-17H2,1H3,(H,25,27)(H,26,28). The highest BCUT2D eigenvalue weighted by atomic mass is 32.2. The van der Waals surface area contributed by atoms with Crippen molar-refractivity contribution >= 4 is 29.3 Å². The second-order valence-electron chi connectivity index (χ2n) is 6.60. The van der Waals surface area contributed by atoms with Crippen LogP contribution >= 0.6 is 11.8 Å². The van der Waals surface area contributed by atoms with Gasteiger partial charge >= 0.3 is 0 Å². The second-order valence-corrected chi connectivity index (χ2v) is 7.58. The smallest absolute Gasteiger partial charge is 0.255 e. The van der Waals surface area contributed by atoms with E-state index in [0.717, 1.165) is 22.6 Å². The van der Waals surface area contributed by atoms with E-state index in [2.05, 4.69) is 10.6 Å². The van der Waals surface area contributed by atoms with Gasteiger partial charge in [-0.2, -0.15) is 0 Å². The molecule has 30 heavy (non-hydrogen) atoms. The number of para-hydroxylation sites is 2. The van der Waals surface area contributed by atoms with Crippen LogP contribution in [-0.4, -0.2) is 24.7 Å². The van der Waals surface area contributed by atoms with Gasteiger partial charge in [0.2, 0.25) is 5.91 Å². The van der Waals surface area contributed by atoms with E-state index in [1.54, 1.807) is 19.2 Å². The molecule has 6 heteroatoms. The van der Waals surface area contributed by atoms with Gasteiger partial charge < -0.3 is 15.4 Å². The van der Waals surface area contributed by atoms with Crippen molar-refractivity contribution < 1.29 is 14.3 Å². The van der Waals surface area contributed by atoms with Crippen LogP contribution in [0.3, 0.4) is 0 Å². The molecule has 0 aliphatic rings. The van der Waals surface area contributed by atoms with Crippen LogP contribution in [0.1, 0.15) is 21.5 Å². The summed E-state index contributed by atoms with van der Waals surface area (Å²) in [5.41, 5.74) is 3.37. The largest absolute Gasteiger partial charge is 0.496 e. The maximum absolute atomic E-state index is 12.3. The molecular formula is C24H24N2O3S. The minimum Gasteiger partial charge on any atom is -0.496 e. The van der Waals surface area contributed by atoms with E-state index in [4.69, 9.17) is 4.74 Å². The van der Waals surface area contributed by atoms with Crippen LogP contribution in [0.2, 0.25) is 0 Å². The Morgan fingerprint density at radius 2 is 1.60 bits per heavy atom. The van der Waals surface area contributed by atoms with Crippen LogP contribution in [0.25, 0.3) is 0 Å². The Kier molecular flexibility index (Phi) is 7.92. The average molecular weight is 421 g/mol. The van der Waals surface area contributed by atoms with Gasteiger partial charge in [-0.1, -0.05) is 48.5 Å². The minimum atomic E-state index is -0.142. The van der Waals surface area contributed by atoms with Crippen molar-refractivity contribution in [2.75, 3.05) is 18.2 Å². The molecule has 0 unspecified atom stereocenters. The van der Waals surface area contributed by atoms with E-state index in [1.807, 2.05) is 66.7 Å². The van der Waals surface area contributed by atoms with Crippen LogP contribution in [-0.2, 0) is 17.1 Å². The Labute approximate surface area is 180 Å². The van der Waals surface area contributed by atoms with E-state index >= 15 is 0 Å². The Balaban J connectivity index is 1.41. The zero-order chi connectivity index (χ0) is 21.2. The molecule has 0 spiro atoms. The lowest BCUT2D eigenvalue weighted by Gasteiger charge is -2.09. The summed E-state index contributed by atoms with van der Waals surface area (Å²) in [6, 6.07) is 24.4. The molecule has 0 bridgehead atoms. The van der Waals surface area contributed by atoms with Crippen LogP contribution in [0, 0.1) is 0 Å². The number of anilines is 1. The average Bonchev–Trinajstić information content (AvgIpc) is 2.79. The molecule has 0 aromatic heterocycles. The third-order valence-corrected chi connectivity index (χ3v) is 5.42. The van der Waals surface area contributed by atoms with E-state index in [-0.39, 0.29) is 11.8 Å². The Hall–Kier alpha value is -3.25. The van der Waals surface area contributed by atoms with Gasteiger partial charge in [-0.15, -0.1) is 11.8 Å². The van der Waals surface area contributed by atoms with Crippen LogP contribution in [0.15, 0.2) is 78.9 Å². The lowest BCUT2D eigenvalue weighted by molar-refractivity contribution is -0.118. The van der Waals surface area contributed by atoms with Gasteiger partial charge in [0.25, 0.3) is 5.91 Å². The van der Waals surface area contributed by atoms with E-state index in [0.29, 0.717) is 23.6 Å². The zero-order valence-electron chi connectivity index (χ0n) is 16.8. The highest BCUT2D eigenvalue weighted by Crippen LogP contribution is 2.17. The summed E-state index contributed by atoms with van der Waals surface area (Å²) in [6.07, 6.45) is 0. The molecule has 154 valence electrons. The van der Waals surface area contributed by atoms with Gasteiger partial charge in [0.05, 0.1) is 12.9 Å². The Bertz CT molecular complexity index is 975. The molecular weight excluding hydrogens is 396 g/mol. The number of methoxy groups -OCH3 is 1. The van der Waals surface area contributed by atoms with Crippen molar-refractivity contribution in [1.82, 2.24) is 5.32 Å². The normalized spacial score (nSPS) is 10.3. The summed E-state index contributed by atoms with van der Waals surface area (Å²) in [7, 11) is 1.62. The van der Waals surface area contributed by atoms with Crippen LogP contribution in [0.5, 0.6) is 5.75 Å². The highest BCUT2D eigenvalue weighted by molar-refractivity contribution is 7.99.